The third-order valence-electron chi connectivity index (χ3n) is 5.81. The third-order valence-corrected chi connectivity index (χ3v) is 7.14. The summed E-state index contributed by atoms with van der Waals surface area (Å²) in [6, 6.07) is 16.0. The summed E-state index contributed by atoms with van der Waals surface area (Å²) >= 11 is 0. The highest BCUT2D eigenvalue weighted by molar-refractivity contribution is 7.86. The van der Waals surface area contributed by atoms with E-state index in [4.69, 9.17) is 4.18 Å². The lowest BCUT2D eigenvalue weighted by Gasteiger charge is -2.17. The van der Waals surface area contributed by atoms with Gasteiger partial charge in [-0.1, -0.05) is 48.0 Å². The Bertz CT molecular complexity index is 916. The van der Waals surface area contributed by atoms with Crippen LogP contribution >= 0.6 is 0 Å². The highest BCUT2D eigenvalue weighted by atomic mass is 32.2. The highest BCUT2D eigenvalue weighted by Gasteiger charge is 2.17. The molecule has 0 amide bonds. The van der Waals surface area contributed by atoms with Crippen molar-refractivity contribution in [3.05, 3.63) is 65.7 Å². The minimum absolute atomic E-state index is 0.0779. The molecule has 0 aliphatic heterocycles. The molecule has 0 heterocycles. The fourth-order valence-corrected chi connectivity index (χ4v) is 4.56. The van der Waals surface area contributed by atoms with Crippen molar-refractivity contribution in [1.29, 1.82) is 0 Å². The number of aliphatic hydroxyl groups is 4. The molecule has 0 aliphatic rings. The molecule has 0 saturated carbocycles. The van der Waals surface area contributed by atoms with E-state index in [-0.39, 0.29) is 17.9 Å². The first-order valence-corrected chi connectivity index (χ1v) is 13.3. The van der Waals surface area contributed by atoms with E-state index < -0.39 is 34.5 Å². The third kappa shape index (κ3) is 11.1. The van der Waals surface area contributed by atoms with Crippen LogP contribution in [0.15, 0.2) is 59.5 Å². The van der Waals surface area contributed by atoms with Gasteiger partial charge in [-0.25, -0.2) is 0 Å². The van der Waals surface area contributed by atoms with E-state index in [1.165, 1.54) is 12.1 Å². The Morgan fingerprint density at radius 2 is 1.15 bits per heavy atom. The molecule has 4 unspecified atom stereocenters. The number of benzene rings is 2. The number of rotatable bonds is 16. The van der Waals surface area contributed by atoms with Crippen LogP contribution in [0.25, 0.3) is 0 Å². The Morgan fingerprint density at radius 1 is 0.676 bits per heavy atom. The largest absolute Gasteiger partial charge is 0.393 e. The van der Waals surface area contributed by atoms with E-state index in [1.807, 2.05) is 37.3 Å². The molecular formula is C26H38O7S. The summed E-state index contributed by atoms with van der Waals surface area (Å²) < 4.78 is 29.3. The van der Waals surface area contributed by atoms with Gasteiger partial charge in [-0.05, 0) is 76.0 Å². The Kier molecular flexibility index (Phi) is 12.2. The van der Waals surface area contributed by atoms with E-state index in [0.29, 0.717) is 44.9 Å². The van der Waals surface area contributed by atoms with Gasteiger partial charge in [0.1, 0.15) is 0 Å². The van der Waals surface area contributed by atoms with Crippen molar-refractivity contribution in [3.63, 3.8) is 0 Å². The van der Waals surface area contributed by atoms with Crippen molar-refractivity contribution in [2.75, 3.05) is 6.61 Å². The summed E-state index contributed by atoms with van der Waals surface area (Å²) in [5, 5.41) is 40.5. The molecule has 190 valence electrons. The predicted octanol–water partition coefficient (Wildman–Crippen LogP) is 3.12. The first-order valence-electron chi connectivity index (χ1n) is 11.9. The molecule has 4 atom stereocenters. The van der Waals surface area contributed by atoms with Gasteiger partial charge in [-0.2, -0.15) is 8.42 Å². The molecule has 2 aromatic carbocycles. The molecule has 4 N–H and O–H groups in total. The maximum atomic E-state index is 12.1. The summed E-state index contributed by atoms with van der Waals surface area (Å²) in [4.78, 5) is 0.0779. The summed E-state index contributed by atoms with van der Waals surface area (Å²) in [6.07, 6.45) is 0.483. The van der Waals surface area contributed by atoms with Crippen LogP contribution in [0.3, 0.4) is 0 Å². The minimum Gasteiger partial charge on any atom is -0.393 e. The fraction of sp³-hybridized carbons (Fsp3) is 0.538. The quantitative estimate of drug-likeness (QED) is 0.264. The van der Waals surface area contributed by atoms with Crippen LogP contribution in [0, 0.1) is 6.92 Å². The Balaban J connectivity index is 1.56. The van der Waals surface area contributed by atoms with Crippen molar-refractivity contribution < 1.29 is 33.0 Å². The van der Waals surface area contributed by atoms with Crippen molar-refractivity contribution in [2.24, 2.45) is 0 Å². The van der Waals surface area contributed by atoms with Gasteiger partial charge in [-0.15, -0.1) is 0 Å². The normalized spacial score (nSPS) is 15.6. The number of aryl methyl sites for hydroxylation is 1. The lowest BCUT2D eigenvalue weighted by molar-refractivity contribution is 0.0721. The topological polar surface area (TPSA) is 124 Å². The second-order valence-corrected chi connectivity index (χ2v) is 10.5. The highest BCUT2D eigenvalue weighted by Crippen LogP contribution is 2.17. The van der Waals surface area contributed by atoms with Gasteiger partial charge in [0, 0.05) is 0 Å². The van der Waals surface area contributed by atoms with Crippen LogP contribution in [0.5, 0.6) is 0 Å². The molecule has 0 bridgehead atoms. The summed E-state index contributed by atoms with van der Waals surface area (Å²) in [5.41, 5.74) is 2.00. The smallest absolute Gasteiger partial charge is 0.296 e. The number of hydrogen-bond acceptors (Lipinski definition) is 7. The maximum absolute atomic E-state index is 12.1. The van der Waals surface area contributed by atoms with Crippen LogP contribution in [0.2, 0.25) is 0 Å². The van der Waals surface area contributed by atoms with E-state index >= 15 is 0 Å². The van der Waals surface area contributed by atoms with Crippen LogP contribution in [-0.2, 0) is 20.7 Å². The zero-order chi connectivity index (χ0) is 25.0. The first-order chi connectivity index (χ1) is 16.2. The lowest BCUT2D eigenvalue weighted by Crippen LogP contribution is -2.19. The average Bonchev–Trinajstić information content (AvgIpc) is 2.81. The van der Waals surface area contributed by atoms with Gasteiger partial charge in [0.25, 0.3) is 10.1 Å². The summed E-state index contributed by atoms with van der Waals surface area (Å²) in [6.45, 7) is 1.72. The van der Waals surface area contributed by atoms with Crippen molar-refractivity contribution in [1.82, 2.24) is 0 Å². The van der Waals surface area contributed by atoms with Crippen molar-refractivity contribution in [2.45, 2.75) is 87.6 Å². The fourth-order valence-electron chi connectivity index (χ4n) is 3.64. The van der Waals surface area contributed by atoms with Crippen LogP contribution < -0.4 is 0 Å². The molecule has 2 rings (SSSR count). The Morgan fingerprint density at radius 3 is 1.68 bits per heavy atom. The molecule has 0 spiro atoms. The van der Waals surface area contributed by atoms with Gasteiger partial charge in [0.05, 0.1) is 35.9 Å². The molecule has 7 nitrogen and oxygen atoms in total. The molecule has 0 aromatic heterocycles. The van der Waals surface area contributed by atoms with Crippen LogP contribution in [0.4, 0.5) is 0 Å². The van der Waals surface area contributed by atoms with E-state index in [9.17, 15) is 28.8 Å². The van der Waals surface area contributed by atoms with Gasteiger partial charge in [0.2, 0.25) is 0 Å². The van der Waals surface area contributed by atoms with Crippen LogP contribution in [-0.4, -0.2) is 59.9 Å². The SMILES string of the molecule is Cc1ccc(S(=O)(=O)OCCC(O)CCC(O)CCC(O)CCC(O)Cc2ccccc2)cc1. The molecule has 2 aromatic rings. The van der Waals surface area contributed by atoms with Crippen molar-refractivity contribution in [3.8, 4) is 0 Å². The van der Waals surface area contributed by atoms with Crippen molar-refractivity contribution >= 4 is 10.1 Å². The predicted molar refractivity (Wildman–Crippen MR) is 131 cm³/mol. The molecule has 8 heteroatoms. The van der Waals surface area contributed by atoms with Gasteiger partial charge in [-0.3, -0.25) is 4.18 Å². The Labute approximate surface area is 203 Å². The molecule has 0 saturated heterocycles. The molecule has 34 heavy (non-hydrogen) atoms. The standard InChI is InChI=1S/C26H38O7S/c1-20-7-15-26(16-8-20)34(31,32)33-18-17-24(29)12-11-22(27)9-10-23(28)13-14-25(30)19-21-5-3-2-4-6-21/h2-8,15-16,22-25,27-30H,9-14,17-19H2,1H3. The zero-order valence-electron chi connectivity index (χ0n) is 19.8. The van der Waals surface area contributed by atoms with E-state index in [2.05, 4.69) is 0 Å². The zero-order valence-corrected chi connectivity index (χ0v) is 20.6. The first kappa shape index (κ1) is 28.4. The van der Waals surface area contributed by atoms with Gasteiger partial charge in [0.15, 0.2) is 0 Å². The molecule has 0 fully saturated rings. The second-order valence-electron chi connectivity index (χ2n) is 8.91. The summed E-state index contributed by atoms with van der Waals surface area (Å²) in [5.74, 6) is 0. The summed E-state index contributed by atoms with van der Waals surface area (Å²) in [7, 11) is -3.86. The molecular weight excluding hydrogens is 456 g/mol. The second kappa shape index (κ2) is 14.6. The molecule has 0 radical (unpaired) electrons. The average molecular weight is 495 g/mol. The molecule has 0 aliphatic carbocycles. The monoisotopic (exact) mass is 494 g/mol. The van der Waals surface area contributed by atoms with Crippen LogP contribution in [0.1, 0.15) is 56.1 Å². The van der Waals surface area contributed by atoms with E-state index in [1.54, 1.807) is 12.1 Å². The lowest BCUT2D eigenvalue weighted by atomic mass is 9.98. The van der Waals surface area contributed by atoms with Gasteiger partial charge >= 0.3 is 0 Å². The maximum Gasteiger partial charge on any atom is 0.296 e. The van der Waals surface area contributed by atoms with Gasteiger partial charge < -0.3 is 20.4 Å². The number of hydrogen-bond donors (Lipinski definition) is 4. The number of aliphatic hydroxyl groups excluding tert-OH is 4. The van der Waals surface area contributed by atoms with E-state index in [0.717, 1.165) is 11.1 Å². The Hall–Kier alpha value is -1.81. The minimum atomic E-state index is -3.86.